The minimum atomic E-state index is -0.293. The molecule has 0 unspecified atom stereocenters. The molecule has 0 atom stereocenters. The number of aryl methyl sites for hydroxylation is 1. The van der Waals surface area contributed by atoms with Crippen LogP contribution in [0.2, 0.25) is 0 Å². The lowest BCUT2D eigenvalue weighted by Crippen LogP contribution is -2.13. The first-order chi connectivity index (χ1) is 11.1. The molecule has 120 valence electrons. The molecule has 0 fully saturated rings. The first-order valence-electron chi connectivity index (χ1n) is 7.06. The van der Waals surface area contributed by atoms with Crippen LogP contribution in [0, 0.1) is 6.92 Å². The number of amides is 1. The summed E-state index contributed by atoms with van der Waals surface area (Å²) in [6.45, 7) is 2.08. The van der Waals surface area contributed by atoms with Gasteiger partial charge in [0.25, 0.3) is 5.91 Å². The molecule has 0 aliphatic carbocycles. The van der Waals surface area contributed by atoms with E-state index in [2.05, 4.69) is 5.32 Å². The van der Waals surface area contributed by atoms with Crippen molar-refractivity contribution in [2.24, 2.45) is 0 Å². The zero-order valence-corrected chi connectivity index (χ0v) is 13.1. The van der Waals surface area contributed by atoms with Gasteiger partial charge in [0, 0.05) is 11.8 Å². The highest BCUT2D eigenvalue weighted by Gasteiger charge is 2.18. The third kappa shape index (κ3) is 2.88. The zero-order chi connectivity index (χ0) is 16.4. The van der Waals surface area contributed by atoms with Crippen molar-refractivity contribution in [3.05, 3.63) is 41.5 Å². The van der Waals surface area contributed by atoms with Crippen molar-refractivity contribution in [1.29, 1.82) is 0 Å². The van der Waals surface area contributed by atoms with Crippen molar-refractivity contribution in [3.63, 3.8) is 0 Å². The quantitative estimate of drug-likeness (QED) is 0.939. The molecule has 0 aromatic heterocycles. The average molecular weight is 315 g/mol. The Bertz CT molecular complexity index is 757. The van der Waals surface area contributed by atoms with Gasteiger partial charge in [0.15, 0.2) is 11.5 Å². The van der Waals surface area contributed by atoms with E-state index in [9.17, 15) is 4.79 Å². The molecule has 0 bridgehead atoms. The number of rotatable bonds is 4. The largest absolute Gasteiger partial charge is 0.496 e. The molecular weight excluding hydrogens is 298 g/mol. The maximum Gasteiger partial charge on any atom is 0.259 e. The molecule has 0 saturated heterocycles. The minimum absolute atomic E-state index is 0.190. The summed E-state index contributed by atoms with van der Waals surface area (Å²) in [5.41, 5.74) is 1.90. The van der Waals surface area contributed by atoms with Crippen LogP contribution in [-0.4, -0.2) is 26.9 Å². The topological polar surface area (TPSA) is 66.0 Å². The highest BCUT2D eigenvalue weighted by atomic mass is 16.7. The molecule has 0 spiro atoms. The average Bonchev–Trinajstić information content (AvgIpc) is 3.02. The first kappa shape index (κ1) is 15.0. The van der Waals surface area contributed by atoms with Gasteiger partial charge in [-0.1, -0.05) is 0 Å². The van der Waals surface area contributed by atoms with Crippen LogP contribution in [0.25, 0.3) is 0 Å². The van der Waals surface area contributed by atoms with Gasteiger partial charge in [-0.2, -0.15) is 0 Å². The lowest BCUT2D eigenvalue weighted by atomic mass is 10.1. The van der Waals surface area contributed by atoms with Gasteiger partial charge in [-0.3, -0.25) is 4.79 Å². The molecule has 1 amide bonds. The number of benzene rings is 2. The van der Waals surface area contributed by atoms with E-state index < -0.39 is 0 Å². The molecule has 0 saturated carbocycles. The molecular formula is C17H17NO5. The van der Waals surface area contributed by atoms with E-state index in [-0.39, 0.29) is 12.7 Å². The highest BCUT2D eigenvalue weighted by Crippen LogP contribution is 2.35. The van der Waals surface area contributed by atoms with Gasteiger partial charge in [-0.05, 0) is 36.8 Å². The van der Waals surface area contributed by atoms with Crippen molar-refractivity contribution in [3.8, 4) is 23.0 Å². The fourth-order valence-corrected chi connectivity index (χ4v) is 2.40. The van der Waals surface area contributed by atoms with Crippen LogP contribution < -0.4 is 24.3 Å². The van der Waals surface area contributed by atoms with Crippen LogP contribution in [0.5, 0.6) is 23.0 Å². The number of carbonyl (C=O) groups excluding carboxylic acids is 1. The van der Waals surface area contributed by atoms with Crippen molar-refractivity contribution in [1.82, 2.24) is 0 Å². The number of ether oxygens (including phenoxy) is 4. The van der Waals surface area contributed by atoms with Crippen LogP contribution in [-0.2, 0) is 0 Å². The van der Waals surface area contributed by atoms with Gasteiger partial charge in [-0.25, -0.2) is 0 Å². The standard InChI is InChI=1S/C17H17NO5/c1-10-6-15(21-3)12(8-14(10)20-2)17(19)18-11-4-5-13-16(7-11)23-9-22-13/h4-8H,9H2,1-3H3,(H,18,19). The Morgan fingerprint density at radius 2 is 1.78 bits per heavy atom. The van der Waals surface area contributed by atoms with E-state index in [1.165, 1.54) is 7.11 Å². The predicted molar refractivity (Wildman–Crippen MR) is 84.8 cm³/mol. The lowest BCUT2D eigenvalue weighted by Gasteiger charge is -2.13. The SMILES string of the molecule is COc1cc(C(=O)Nc2ccc3c(c2)OCO3)c(OC)cc1C. The van der Waals surface area contributed by atoms with Crippen molar-refractivity contribution >= 4 is 11.6 Å². The van der Waals surface area contributed by atoms with Gasteiger partial charge in [0.05, 0.1) is 19.8 Å². The van der Waals surface area contributed by atoms with E-state index in [1.54, 1.807) is 37.4 Å². The van der Waals surface area contributed by atoms with E-state index >= 15 is 0 Å². The van der Waals surface area contributed by atoms with Crippen LogP contribution in [0.4, 0.5) is 5.69 Å². The summed E-state index contributed by atoms with van der Waals surface area (Å²) in [5.74, 6) is 2.09. The van der Waals surface area contributed by atoms with E-state index in [4.69, 9.17) is 18.9 Å². The van der Waals surface area contributed by atoms with Crippen LogP contribution in [0.1, 0.15) is 15.9 Å². The monoisotopic (exact) mass is 315 g/mol. The molecule has 1 heterocycles. The predicted octanol–water partition coefficient (Wildman–Crippen LogP) is 2.99. The molecule has 1 aliphatic heterocycles. The second kappa shape index (κ2) is 6.08. The number of fused-ring (bicyclic) bond motifs is 1. The summed E-state index contributed by atoms with van der Waals surface area (Å²) in [6, 6.07) is 8.66. The summed E-state index contributed by atoms with van der Waals surface area (Å²) in [6.07, 6.45) is 0. The van der Waals surface area contributed by atoms with Crippen LogP contribution >= 0.6 is 0 Å². The number of anilines is 1. The third-order valence-electron chi connectivity index (χ3n) is 3.59. The third-order valence-corrected chi connectivity index (χ3v) is 3.59. The molecule has 2 aromatic carbocycles. The van der Waals surface area contributed by atoms with E-state index in [0.717, 1.165) is 5.56 Å². The molecule has 1 N–H and O–H groups in total. The van der Waals surface area contributed by atoms with Crippen molar-refractivity contribution < 1.29 is 23.7 Å². The molecule has 3 rings (SSSR count). The Hall–Kier alpha value is -2.89. The fraction of sp³-hybridized carbons (Fsp3) is 0.235. The Morgan fingerprint density at radius 1 is 1.04 bits per heavy atom. The van der Waals surface area contributed by atoms with Gasteiger partial charge in [-0.15, -0.1) is 0 Å². The zero-order valence-electron chi connectivity index (χ0n) is 13.1. The minimum Gasteiger partial charge on any atom is -0.496 e. The lowest BCUT2D eigenvalue weighted by molar-refractivity contribution is 0.102. The van der Waals surface area contributed by atoms with Crippen molar-refractivity contribution in [2.75, 3.05) is 26.3 Å². The summed E-state index contributed by atoms with van der Waals surface area (Å²) in [4.78, 5) is 12.6. The number of nitrogens with one attached hydrogen (secondary N) is 1. The smallest absolute Gasteiger partial charge is 0.259 e. The second-order valence-electron chi connectivity index (χ2n) is 5.04. The summed E-state index contributed by atoms with van der Waals surface area (Å²) in [5, 5.41) is 2.82. The number of hydrogen-bond acceptors (Lipinski definition) is 5. The Labute approximate surface area is 133 Å². The second-order valence-corrected chi connectivity index (χ2v) is 5.04. The summed E-state index contributed by atoms with van der Waals surface area (Å²) < 4.78 is 21.1. The van der Waals surface area contributed by atoms with Crippen LogP contribution in [0.3, 0.4) is 0 Å². The molecule has 0 radical (unpaired) electrons. The van der Waals surface area contributed by atoms with E-state index in [1.807, 2.05) is 6.92 Å². The molecule has 6 nitrogen and oxygen atoms in total. The molecule has 23 heavy (non-hydrogen) atoms. The fourth-order valence-electron chi connectivity index (χ4n) is 2.40. The summed E-state index contributed by atoms with van der Waals surface area (Å²) >= 11 is 0. The van der Waals surface area contributed by atoms with Gasteiger partial charge in [0.2, 0.25) is 6.79 Å². The molecule has 1 aliphatic rings. The molecule has 2 aromatic rings. The molecule has 6 heteroatoms. The Kier molecular flexibility index (Phi) is 3.97. The maximum absolute atomic E-state index is 12.6. The first-order valence-corrected chi connectivity index (χ1v) is 7.06. The number of hydrogen-bond donors (Lipinski definition) is 1. The van der Waals surface area contributed by atoms with Crippen LogP contribution in [0.15, 0.2) is 30.3 Å². The van der Waals surface area contributed by atoms with E-state index in [0.29, 0.717) is 34.2 Å². The maximum atomic E-state index is 12.6. The Balaban J connectivity index is 1.88. The van der Waals surface area contributed by atoms with Gasteiger partial charge >= 0.3 is 0 Å². The normalized spacial score (nSPS) is 12.0. The van der Waals surface area contributed by atoms with Crippen molar-refractivity contribution in [2.45, 2.75) is 6.92 Å². The number of methoxy groups -OCH3 is 2. The Morgan fingerprint density at radius 3 is 2.52 bits per heavy atom. The highest BCUT2D eigenvalue weighted by molar-refractivity contribution is 6.06. The summed E-state index contributed by atoms with van der Waals surface area (Å²) in [7, 11) is 3.09. The van der Waals surface area contributed by atoms with Gasteiger partial charge in [0.1, 0.15) is 11.5 Å². The number of carbonyl (C=O) groups is 1. The van der Waals surface area contributed by atoms with Gasteiger partial charge < -0.3 is 24.3 Å².